The molecule has 1 heterocycles. The van der Waals surface area contributed by atoms with E-state index in [1.54, 1.807) is 0 Å². The molecule has 0 bridgehead atoms. The smallest absolute Gasteiger partial charge is 0.171 e. The molecule has 0 fully saturated rings. The first kappa shape index (κ1) is 8.16. The normalized spacial score (nSPS) is 11.1. The molecule has 1 N–H and O–H groups in total. The predicted molar refractivity (Wildman–Crippen MR) is 42.9 cm³/mol. The van der Waals surface area contributed by atoms with E-state index in [4.69, 9.17) is 0 Å². The number of rotatable bonds is 0. The van der Waals surface area contributed by atoms with Gasteiger partial charge in [0.1, 0.15) is 0 Å². The van der Waals surface area contributed by atoms with Crippen LogP contribution in [0.3, 0.4) is 0 Å². The standard InChI is InChI=1S/C9H6F3N/c1-4-8(11)7-6(13-4)3-2-5(10)9(7)12/h2-3,13H,1H3. The summed E-state index contributed by atoms with van der Waals surface area (Å²) in [6.45, 7) is 1.46. The fourth-order valence-electron chi connectivity index (χ4n) is 1.31. The summed E-state index contributed by atoms with van der Waals surface area (Å²) < 4.78 is 38.9. The Hall–Kier alpha value is -1.45. The lowest BCUT2D eigenvalue weighted by Crippen LogP contribution is -1.85. The highest BCUT2D eigenvalue weighted by atomic mass is 19.2. The lowest BCUT2D eigenvalue weighted by molar-refractivity contribution is 0.512. The molecule has 1 nitrogen and oxygen atoms in total. The summed E-state index contributed by atoms with van der Waals surface area (Å²) >= 11 is 0. The maximum absolute atomic E-state index is 13.2. The maximum Gasteiger partial charge on any atom is 0.171 e. The molecular weight excluding hydrogens is 179 g/mol. The summed E-state index contributed by atoms with van der Waals surface area (Å²) in [4.78, 5) is 2.61. The number of aryl methyl sites for hydroxylation is 1. The van der Waals surface area contributed by atoms with Gasteiger partial charge in [0.25, 0.3) is 0 Å². The molecule has 0 aliphatic heterocycles. The minimum atomic E-state index is -1.14. The number of fused-ring (bicyclic) bond motifs is 1. The van der Waals surface area contributed by atoms with Crippen LogP contribution in [0.15, 0.2) is 12.1 Å². The highest BCUT2D eigenvalue weighted by molar-refractivity contribution is 5.81. The third-order valence-electron chi connectivity index (χ3n) is 1.97. The summed E-state index contributed by atoms with van der Waals surface area (Å²) in [6.07, 6.45) is 0. The molecule has 68 valence electrons. The van der Waals surface area contributed by atoms with Gasteiger partial charge in [-0.25, -0.2) is 13.2 Å². The Kier molecular flexibility index (Phi) is 1.58. The van der Waals surface area contributed by atoms with Crippen LogP contribution in [0.25, 0.3) is 10.9 Å². The molecule has 13 heavy (non-hydrogen) atoms. The van der Waals surface area contributed by atoms with Gasteiger partial charge in [0.15, 0.2) is 17.5 Å². The summed E-state index contributed by atoms with van der Waals surface area (Å²) in [5.41, 5.74) is 0.480. The van der Waals surface area contributed by atoms with Crippen molar-refractivity contribution in [1.29, 1.82) is 0 Å². The Balaban J connectivity index is 2.97. The van der Waals surface area contributed by atoms with Crippen LogP contribution in [0.1, 0.15) is 5.69 Å². The largest absolute Gasteiger partial charge is 0.356 e. The summed E-state index contributed by atoms with van der Waals surface area (Å²) in [6, 6.07) is 2.27. The molecule has 0 radical (unpaired) electrons. The van der Waals surface area contributed by atoms with E-state index in [1.165, 1.54) is 13.0 Å². The molecule has 0 amide bonds. The summed E-state index contributed by atoms with van der Waals surface area (Å²) in [7, 11) is 0. The highest BCUT2D eigenvalue weighted by Crippen LogP contribution is 2.24. The van der Waals surface area contributed by atoms with E-state index >= 15 is 0 Å². The van der Waals surface area contributed by atoms with Gasteiger partial charge in [-0.1, -0.05) is 0 Å². The van der Waals surface area contributed by atoms with Crippen LogP contribution >= 0.6 is 0 Å². The van der Waals surface area contributed by atoms with Gasteiger partial charge < -0.3 is 4.98 Å². The number of hydrogen-bond donors (Lipinski definition) is 1. The van der Waals surface area contributed by atoms with Crippen LogP contribution in [0.2, 0.25) is 0 Å². The third kappa shape index (κ3) is 1.02. The molecule has 4 heteroatoms. The molecule has 0 saturated heterocycles. The first-order chi connectivity index (χ1) is 6.11. The lowest BCUT2D eigenvalue weighted by atomic mass is 10.2. The Morgan fingerprint density at radius 3 is 2.46 bits per heavy atom. The van der Waals surface area contributed by atoms with Crippen molar-refractivity contribution in [2.24, 2.45) is 0 Å². The van der Waals surface area contributed by atoms with E-state index in [0.717, 1.165) is 6.07 Å². The molecule has 0 atom stereocenters. The fourth-order valence-corrected chi connectivity index (χ4v) is 1.31. The minimum Gasteiger partial charge on any atom is -0.356 e. The number of benzene rings is 1. The van der Waals surface area contributed by atoms with Crippen molar-refractivity contribution in [2.75, 3.05) is 0 Å². The van der Waals surface area contributed by atoms with E-state index in [2.05, 4.69) is 4.98 Å². The SMILES string of the molecule is Cc1[nH]c2ccc(F)c(F)c2c1F. The minimum absolute atomic E-state index is 0.208. The van der Waals surface area contributed by atoms with Gasteiger partial charge in [0.2, 0.25) is 0 Å². The Morgan fingerprint density at radius 1 is 1.08 bits per heavy atom. The Labute approximate surface area is 72.2 Å². The van der Waals surface area contributed by atoms with Crippen molar-refractivity contribution in [2.45, 2.75) is 6.92 Å². The van der Waals surface area contributed by atoms with E-state index in [0.29, 0.717) is 0 Å². The average Bonchev–Trinajstić information content (AvgIpc) is 2.37. The van der Waals surface area contributed by atoms with Gasteiger partial charge in [0.05, 0.1) is 10.9 Å². The van der Waals surface area contributed by atoms with E-state index in [9.17, 15) is 13.2 Å². The maximum atomic E-state index is 13.2. The molecule has 2 rings (SSSR count). The zero-order valence-electron chi connectivity index (χ0n) is 6.79. The predicted octanol–water partition coefficient (Wildman–Crippen LogP) is 2.89. The highest BCUT2D eigenvalue weighted by Gasteiger charge is 2.15. The van der Waals surface area contributed by atoms with Gasteiger partial charge in [-0.3, -0.25) is 0 Å². The molecule has 1 aromatic carbocycles. The second-order valence-corrected chi connectivity index (χ2v) is 2.85. The molecule has 0 aliphatic carbocycles. The third-order valence-corrected chi connectivity index (χ3v) is 1.97. The molecule has 0 spiro atoms. The number of hydrogen-bond acceptors (Lipinski definition) is 0. The van der Waals surface area contributed by atoms with Crippen LogP contribution in [0, 0.1) is 24.4 Å². The van der Waals surface area contributed by atoms with Crippen LogP contribution in [-0.4, -0.2) is 4.98 Å². The van der Waals surface area contributed by atoms with Gasteiger partial charge in [-0.05, 0) is 19.1 Å². The van der Waals surface area contributed by atoms with Crippen molar-refractivity contribution < 1.29 is 13.2 Å². The number of halogens is 3. The van der Waals surface area contributed by atoms with Crippen molar-refractivity contribution in [3.05, 3.63) is 35.3 Å². The monoisotopic (exact) mass is 185 g/mol. The average molecular weight is 185 g/mol. The molecule has 0 aliphatic rings. The second-order valence-electron chi connectivity index (χ2n) is 2.85. The number of nitrogens with one attached hydrogen (secondary N) is 1. The van der Waals surface area contributed by atoms with Gasteiger partial charge in [0, 0.05) is 5.69 Å². The van der Waals surface area contributed by atoms with E-state index < -0.39 is 17.5 Å². The molecule has 0 saturated carbocycles. The van der Waals surface area contributed by atoms with Crippen molar-refractivity contribution in [1.82, 2.24) is 4.98 Å². The first-order valence-corrected chi connectivity index (χ1v) is 3.73. The van der Waals surface area contributed by atoms with Gasteiger partial charge >= 0.3 is 0 Å². The van der Waals surface area contributed by atoms with Crippen LogP contribution in [-0.2, 0) is 0 Å². The van der Waals surface area contributed by atoms with Crippen LogP contribution in [0.5, 0.6) is 0 Å². The van der Waals surface area contributed by atoms with Gasteiger partial charge in [-0.15, -0.1) is 0 Å². The summed E-state index contributed by atoms with van der Waals surface area (Å²) in [5, 5.41) is -0.308. The molecule has 1 aromatic heterocycles. The van der Waals surface area contributed by atoms with Crippen molar-refractivity contribution >= 4 is 10.9 Å². The topological polar surface area (TPSA) is 15.8 Å². The Morgan fingerprint density at radius 2 is 1.77 bits per heavy atom. The fraction of sp³-hybridized carbons (Fsp3) is 0.111. The zero-order valence-corrected chi connectivity index (χ0v) is 6.79. The molecular formula is C9H6F3N. The number of H-pyrrole nitrogens is 1. The molecule has 2 aromatic rings. The van der Waals surface area contributed by atoms with E-state index in [1.807, 2.05) is 0 Å². The first-order valence-electron chi connectivity index (χ1n) is 3.73. The zero-order chi connectivity index (χ0) is 9.59. The van der Waals surface area contributed by atoms with Crippen molar-refractivity contribution in [3.8, 4) is 0 Å². The van der Waals surface area contributed by atoms with Crippen LogP contribution in [0.4, 0.5) is 13.2 Å². The van der Waals surface area contributed by atoms with E-state index in [-0.39, 0.29) is 16.6 Å². The molecule has 0 unspecified atom stereocenters. The van der Waals surface area contributed by atoms with Crippen molar-refractivity contribution in [3.63, 3.8) is 0 Å². The quantitative estimate of drug-likeness (QED) is 0.649. The van der Waals surface area contributed by atoms with Gasteiger partial charge in [-0.2, -0.15) is 0 Å². The Bertz CT molecular complexity index is 473. The second kappa shape index (κ2) is 2.52. The number of aromatic amines is 1. The summed E-state index contributed by atoms with van der Waals surface area (Å²) in [5.74, 6) is -2.91. The lowest BCUT2D eigenvalue weighted by Gasteiger charge is -1.93. The number of aromatic nitrogens is 1. The van der Waals surface area contributed by atoms with Crippen LogP contribution < -0.4 is 0 Å².